The van der Waals surface area contributed by atoms with Crippen molar-refractivity contribution < 1.29 is 20.1 Å². The Morgan fingerprint density at radius 3 is 1.33 bits per heavy atom. The van der Waals surface area contributed by atoms with E-state index >= 15 is 0 Å². The average Bonchev–Trinajstić information content (AvgIpc) is 3.08. The number of hydrogen-bond acceptors (Lipinski definition) is 4. The van der Waals surface area contributed by atoms with Crippen LogP contribution in [0.2, 0.25) is 0 Å². The molecule has 0 spiro atoms. The molecule has 0 saturated heterocycles. The molecular formula is C43H81NO4. The van der Waals surface area contributed by atoms with Crippen molar-refractivity contribution in [3.05, 3.63) is 36.5 Å². The van der Waals surface area contributed by atoms with Crippen molar-refractivity contribution in [1.29, 1.82) is 0 Å². The highest BCUT2D eigenvalue weighted by Crippen LogP contribution is 2.15. The minimum Gasteiger partial charge on any atom is -0.394 e. The topological polar surface area (TPSA) is 89.8 Å². The van der Waals surface area contributed by atoms with Gasteiger partial charge in [-0.05, 0) is 44.9 Å². The molecule has 0 radical (unpaired) electrons. The van der Waals surface area contributed by atoms with E-state index in [0.29, 0.717) is 6.42 Å². The van der Waals surface area contributed by atoms with E-state index in [0.717, 1.165) is 38.5 Å². The second kappa shape index (κ2) is 38.4. The minimum atomic E-state index is -0.957. The summed E-state index contributed by atoms with van der Waals surface area (Å²) < 4.78 is 0. The van der Waals surface area contributed by atoms with E-state index in [1.165, 1.54) is 141 Å². The second-order valence-electron chi connectivity index (χ2n) is 14.2. The molecule has 0 aliphatic rings. The van der Waals surface area contributed by atoms with E-state index in [1.54, 1.807) is 6.08 Å². The standard InChI is InChI=1S/C43H81NO4/c1-3-5-7-9-11-13-15-17-19-20-21-23-25-27-29-31-33-35-37-42(47)41(39-45)44-43(48)38-40(46)36-34-32-30-28-26-24-22-18-16-14-12-10-8-6-4-2/h20-21,27,29,35,37,40-42,45-47H,3-19,22-26,28,30-34,36,38-39H2,1-2H3,(H,44,48)/b21-20+,29-27+,37-35+. The summed E-state index contributed by atoms with van der Waals surface area (Å²) >= 11 is 0. The van der Waals surface area contributed by atoms with Crippen LogP contribution in [0.1, 0.15) is 206 Å². The molecule has 0 rings (SSSR count). The van der Waals surface area contributed by atoms with E-state index in [-0.39, 0.29) is 18.9 Å². The van der Waals surface area contributed by atoms with Crippen LogP contribution in [0.5, 0.6) is 0 Å². The molecule has 282 valence electrons. The molecule has 5 heteroatoms. The van der Waals surface area contributed by atoms with Crippen LogP contribution >= 0.6 is 0 Å². The summed E-state index contributed by atoms with van der Waals surface area (Å²) in [5.74, 6) is -0.329. The quantitative estimate of drug-likeness (QED) is 0.0390. The third-order valence-electron chi connectivity index (χ3n) is 9.41. The maximum atomic E-state index is 12.4. The van der Waals surface area contributed by atoms with Gasteiger partial charge in [-0.15, -0.1) is 0 Å². The van der Waals surface area contributed by atoms with Gasteiger partial charge in [-0.2, -0.15) is 0 Å². The van der Waals surface area contributed by atoms with Crippen LogP contribution in [0, 0.1) is 0 Å². The Kier molecular flexibility index (Phi) is 37.2. The first-order valence-electron chi connectivity index (χ1n) is 20.8. The van der Waals surface area contributed by atoms with Gasteiger partial charge in [-0.1, -0.05) is 192 Å². The Balaban J connectivity index is 3.76. The van der Waals surface area contributed by atoms with Gasteiger partial charge in [-0.3, -0.25) is 4.79 Å². The minimum absolute atomic E-state index is 0.00468. The number of nitrogens with one attached hydrogen (secondary N) is 1. The molecule has 0 aromatic heterocycles. The number of aliphatic hydroxyl groups excluding tert-OH is 3. The number of amides is 1. The fourth-order valence-electron chi connectivity index (χ4n) is 6.19. The molecule has 3 atom stereocenters. The van der Waals surface area contributed by atoms with Gasteiger partial charge < -0.3 is 20.6 Å². The summed E-state index contributed by atoms with van der Waals surface area (Å²) in [6.07, 6.45) is 47.0. The van der Waals surface area contributed by atoms with Gasteiger partial charge in [0.1, 0.15) is 0 Å². The van der Waals surface area contributed by atoms with Crippen LogP contribution < -0.4 is 5.32 Å². The molecule has 5 nitrogen and oxygen atoms in total. The molecular weight excluding hydrogens is 594 g/mol. The van der Waals surface area contributed by atoms with Crippen molar-refractivity contribution in [3.63, 3.8) is 0 Å². The van der Waals surface area contributed by atoms with E-state index in [2.05, 4.69) is 43.5 Å². The average molecular weight is 676 g/mol. The highest BCUT2D eigenvalue weighted by molar-refractivity contribution is 5.76. The molecule has 0 fully saturated rings. The molecule has 4 N–H and O–H groups in total. The SMILES string of the molecule is CCCCCCCCCC/C=C/CC/C=C/CC/C=C/C(O)C(CO)NC(=O)CC(O)CCCCCCCCCCCCCCCCC. The molecule has 3 unspecified atom stereocenters. The smallest absolute Gasteiger partial charge is 0.222 e. The second-order valence-corrected chi connectivity index (χ2v) is 14.2. The lowest BCUT2D eigenvalue weighted by molar-refractivity contribution is -0.124. The monoisotopic (exact) mass is 676 g/mol. The summed E-state index contributed by atoms with van der Waals surface area (Å²) in [7, 11) is 0. The Morgan fingerprint density at radius 2 is 0.896 bits per heavy atom. The molecule has 0 heterocycles. The van der Waals surface area contributed by atoms with Crippen molar-refractivity contribution in [2.75, 3.05) is 6.61 Å². The molecule has 0 saturated carbocycles. The van der Waals surface area contributed by atoms with Gasteiger partial charge in [0.15, 0.2) is 0 Å². The van der Waals surface area contributed by atoms with Gasteiger partial charge >= 0.3 is 0 Å². The first-order valence-corrected chi connectivity index (χ1v) is 20.8. The van der Waals surface area contributed by atoms with Gasteiger partial charge in [0.05, 0.1) is 31.3 Å². The molecule has 0 aliphatic heterocycles. The molecule has 0 aliphatic carbocycles. The Labute approximate surface area is 298 Å². The predicted octanol–water partition coefficient (Wildman–Crippen LogP) is 11.6. The number of rotatable bonds is 37. The summed E-state index contributed by atoms with van der Waals surface area (Å²) in [6.45, 7) is 4.19. The summed E-state index contributed by atoms with van der Waals surface area (Å²) in [5.41, 5.74) is 0. The third kappa shape index (κ3) is 34.4. The van der Waals surface area contributed by atoms with Crippen molar-refractivity contribution in [2.24, 2.45) is 0 Å². The predicted molar refractivity (Wildman–Crippen MR) is 208 cm³/mol. The van der Waals surface area contributed by atoms with Crippen LogP contribution in [-0.4, -0.2) is 46.1 Å². The number of carbonyl (C=O) groups is 1. The van der Waals surface area contributed by atoms with E-state index in [9.17, 15) is 20.1 Å². The van der Waals surface area contributed by atoms with Crippen molar-refractivity contribution >= 4 is 5.91 Å². The van der Waals surface area contributed by atoms with E-state index in [4.69, 9.17) is 0 Å². The van der Waals surface area contributed by atoms with Gasteiger partial charge in [0.25, 0.3) is 0 Å². The van der Waals surface area contributed by atoms with Crippen LogP contribution in [0.4, 0.5) is 0 Å². The maximum absolute atomic E-state index is 12.4. The lowest BCUT2D eigenvalue weighted by Crippen LogP contribution is -2.45. The van der Waals surface area contributed by atoms with Gasteiger partial charge in [0, 0.05) is 0 Å². The molecule has 48 heavy (non-hydrogen) atoms. The highest BCUT2D eigenvalue weighted by Gasteiger charge is 2.20. The maximum Gasteiger partial charge on any atom is 0.222 e. The zero-order valence-corrected chi connectivity index (χ0v) is 31.9. The van der Waals surface area contributed by atoms with Crippen LogP contribution in [0.15, 0.2) is 36.5 Å². The van der Waals surface area contributed by atoms with Crippen molar-refractivity contribution in [1.82, 2.24) is 5.32 Å². The Hall–Kier alpha value is -1.43. The molecule has 1 amide bonds. The first kappa shape index (κ1) is 46.6. The fraction of sp³-hybridized carbons (Fsp3) is 0.837. The largest absolute Gasteiger partial charge is 0.394 e. The summed E-state index contributed by atoms with van der Waals surface area (Å²) in [4.78, 5) is 12.4. The summed E-state index contributed by atoms with van der Waals surface area (Å²) in [6, 6.07) is -0.764. The zero-order valence-electron chi connectivity index (χ0n) is 31.9. The Bertz CT molecular complexity index is 749. The molecule has 0 aromatic rings. The molecule has 0 aromatic carbocycles. The van der Waals surface area contributed by atoms with Crippen molar-refractivity contribution in [2.45, 2.75) is 225 Å². The lowest BCUT2D eigenvalue weighted by Gasteiger charge is -2.21. The first-order chi connectivity index (χ1) is 23.5. The normalized spacial score (nSPS) is 14.0. The van der Waals surface area contributed by atoms with Crippen molar-refractivity contribution in [3.8, 4) is 0 Å². The highest BCUT2D eigenvalue weighted by atomic mass is 16.3. The van der Waals surface area contributed by atoms with Gasteiger partial charge in [0.2, 0.25) is 5.91 Å². The lowest BCUT2D eigenvalue weighted by atomic mass is 10.0. The van der Waals surface area contributed by atoms with Crippen LogP contribution in [-0.2, 0) is 4.79 Å². The Morgan fingerprint density at radius 1 is 0.521 bits per heavy atom. The fourth-order valence-corrected chi connectivity index (χ4v) is 6.19. The number of hydrogen-bond donors (Lipinski definition) is 4. The number of carbonyl (C=O) groups excluding carboxylic acids is 1. The number of allylic oxidation sites excluding steroid dienone is 5. The van der Waals surface area contributed by atoms with E-state index < -0.39 is 18.2 Å². The van der Waals surface area contributed by atoms with E-state index in [1.807, 2.05) is 6.08 Å². The summed E-state index contributed by atoms with van der Waals surface area (Å²) in [5, 5.41) is 33.1. The number of unbranched alkanes of at least 4 members (excludes halogenated alkanes) is 24. The zero-order chi connectivity index (χ0) is 35.2. The third-order valence-corrected chi connectivity index (χ3v) is 9.41. The number of aliphatic hydroxyl groups is 3. The van der Waals surface area contributed by atoms with Crippen LogP contribution in [0.25, 0.3) is 0 Å². The van der Waals surface area contributed by atoms with Crippen LogP contribution in [0.3, 0.4) is 0 Å². The van der Waals surface area contributed by atoms with Gasteiger partial charge in [-0.25, -0.2) is 0 Å². The molecule has 0 bridgehead atoms.